The summed E-state index contributed by atoms with van der Waals surface area (Å²) in [5.41, 5.74) is 2.65. The zero-order valence-electron chi connectivity index (χ0n) is 27.6. The van der Waals surface area contributed by atoms with E-state index in [4.69, 9.17) is 0 Å². The van der Waals surface area contributed by atoms with Crippen molar-refractivity contribution in [1.82, 2.24) is 0 Å². The molecule has 6 rings (SSSR count). The van der Waals surface area contributed by atoms with Crippen LogP contribution in [-0.4, -0.2) is 23.1 Å². The Labute approximate surface area is 270 Å². The van der Waals surface area contributed by atoms with E-state index in [0.717, 1.165) is 81.6 Å². The van der Waals surface area contributed by atoms with Gasteiger partial charge in [-0.3, -0.25) is 19.2 Å². The number of allylic oxidation sites excluding steroid dienone is 4. The molecule has 242 valence electrons. The summed E-state index contributed by atoms with van der Waals surface area (Å²) >= 11 is 0. The predicted octanol–water partition coefficient (Wildman–Crippen LogP) is 8.93. The molecule has 2 unspecified atom stereocenters. The van der Waals surface area contributed by atoms with E-state index in [1.165, 1.54) is 43.2 Å². The number of Topliss-reactive ketones (excluding diaryl/α,β-unsaturated/α-hetero) is 4. The second-order valence-corrected chi connectivity index (χ2v) is 15.8. The van der Waals surface area contributed by atoms with Gasteiger partial charge in [0.25, 0.3) is 0 Å². The summed E-state index contributed by atoms with van der Waals surface area (Å²) in [4.78, 5) is 54.7. The fraction of sp³-hybridized carbons (Fsp3) is 0.659. The van der Waals surface area contributed by atoms with Crippen molar-refractivity contribution in [3.63, 3.8) is 0 Å². The summed E-state index contributed by atoms with van der Waals surface area (Å²) in [6, 6.07) is 8.31. The number of hydrogen-bond donors (Lipinski definition) is 0. The van der Waals surface area contributed by atoms with Gasteiger partial charge in [-0.05, 0) is 93.1 Å². The third kappa shape index (κ3) is 7.68. The van der Waals surface area contributed by atoms with Gasteiger partial charge in [-0.2, -0.15) is 0 Å². The van der Waals surface area contributed by atoms with Crippen molar-refractivity contribution in [2.45, 2.75) is 129 Å². The monoisotopic (exact) mass is 610 g/mol. The molecule has 0 spiro atoms. The first-order valence-electron chi connectivity index (χ1n) is 18.3. The lowest BCUT2D eigenvalue weighted by atomic mass is 9.64. The molecular weight excluding hydrogens is 556 g/mol. The molecule has 45 heavy (non-hydrogen) atoms. The van der Waals surface area contributed by atoms with Crippen LogP contribution in [0.15, 0.2) is 48.1 Å². The molecule has 0 bridgehead atoms. The molecule has 3 fully saturated rings. The summed E-state index contributed by atoms with van der Waals surface area (Å²) < 4.78 is 0. The van der Waals surface area contributed by atoms with Crippen LogP contribution in [0.2, 0.25) is 0 Å². The number of carbonyl (C=O) groups is 4. The van der Waals surface area contributed by atoms with Crippen molar-refractivity contribution in [3.8, 4) is 0 Å². The highest BCUT2D eigenvalue weighted by Gasteiger charge is 2.44. The van der Waals surface area contributed by atoms with E-state index in [2.05, 4.69) is 24.3 Å². The number of fused-ring (bicyclic) bond motifs is 1. The van der Waals surface area contributed by atoms with Crippen molar-refractivity contribution in [2.75, 3.05) is 0 Å². The molecule has 1 aromatic carbocycles. The summed E-state index contributed by atoms with van der Waals surface area (Å²) in [5.74, 6) is 2.63. The normalized spacial score (nSPS) is 30.3. The van der Waals surface area contributed by atoms with E-state index in [1.807, 2.05) is 25.1 Å². The zero-order chi connectivity index (χ0) is 31.4. The molecule has 0 amide bonds. The molecule has 0 saturated heterocycles. The van der Waals surface area contributed by atoms with E-state index < -0.39 is 5.41 Å². The molecule has 1 aromatic rings. The molecule has 4 nitrogen and oxygen atoms in total. The molecule has 0 heterocycles. The number of benzene rings is 1. The van der Waals surface area contributed by atoms with Crippen LogP contribution in [0.3, 0.4) is 0 Å². The predicted molar refractivity (Wildman–Crippen MR) is 179 cm³/mol. The van der Waals surface area contributed by atoms with Gasteiger partial charge in [-0.1, -0.05) is 87.1 Å². The van der Waals surface area contributed by atoms with Gasteiger partial charge >= 0.3 is 0 Å². The highest BCUT2D eigenvalue weighted by atomic mass is 16.1. The molecule has 0 aromatic heterocycles. The minimum atomic E-state index is -0.928. The van der Waals surface area contributed by atoms with Crippen LogP contribution in [0.5, 0.6) is 0 Å². The number of hydrogen-bond acceptors (Lipinski definition) is 4. The van der Waals surface area contributed by atoms with Crippen LogP contribution in [0.1, 0.15) is 127 Å². The van der Waals surface area contributed by atoms with Crippen molar-refractivity contribution in [3.05, 3.63) is 59.2 Å². The molecule has 3 saturated carbocycles. The van der Waals surface area contributed by atoms with Gasteiger partial charge < -0.3 is 0 Å². The van der Waals surface area contributed by atoms with Gasteiger partial charge in [0.1, 0.15) is 23.1 Å². The van der Waals surface area contributed by atoms with Crippen molar-refractivity contribution in [2.24, 2.45) is 40.9 Å². The van der Waals surface area contributed by atoms with Crippen LogP contribution in [0.4, 0.5) is 0 Å². The summed E-state index contributed by atoms with van der Waals surface area (Å²) in [6.45, 7) is 1.93. The number of rotatable bonds is 11. The van der Waals surface area contributed by atoms with Crippen LogP contribution in [0, 0.1) is 40.9 Å². The fourth-order valence-electron chi connectivity index (χ4n) is 9.96. The Morgan fingerprint density at radius 1 is 0.756 bits per heavy atom. The van der Waals surface area contributed by atoms with Crippen LogP contribution >= 0.6 is 0 Å². The summed E-state index contributed by atoms with van der Waals surface area (Å²) in [5, 5.41) is 0. The fourth-order valence-corrected chi connectivity index (χ4v) is 9.96. The maximum absolute atomic E-state index is 14.3. The van der Waals surface area contributed by atoms with Gasteiger partial charge in [-0.25, -0.2) is 0 Å². The Hall–Kier alpha value is -2.62. The van der Waals surface area contributed by atoms with Gasteiger partial charge in [0.15, 0.2) is 0 Å². The quantitative estimate of drug-likeness (QED) is 0.251. The Kier molecular flexibility index (Phi) is 10.4. The molecule has 0 aliphatic heterocycles. The highest BCUT2D eigenvalue weighted by molar-refractivity contribution is 5.97. The van der Waals surface area contributed by atoms with E-state index >= 15 is 0 Å². The lowest BCUT2D eigenvalue weighted by molar-refractivity contribution is -0.142. The highest BCUT2D eigenvalue weighted by Crippen LogP contribution is 2.45. The molecule has 2 atom stereocenters. The van der Waals surface area contributed by atoms with E-state index in [0.29, 0.717) is 24.5 Å². The standard InChI is InChI=1S/C41H54O4/c1-41(26-36(42)23-28-9-5-6-10-28,40(45)33-21-15-30(16-22-33)29-11-3-2-4-12-29)27-39(44)32-19-17-31(18-20-32)37-24-34-13-7-8-14-35(34)25-38(37)43/h5-9,13-14,29-33,37H,2-4,10-12,15-27H2,1H3. The van der Waals surface area contributed by atoms with E-state index in [1.54, 1.807) is 0 Å². The average molecular weight is 611 g/mol. The maximum atomic E-state index is 14.3. The van der Waals surface area contributed by atoms with Gasteiger partial charge in [-0.15, -0.1) is 0 Å². The molecule has 5 aliphatic rings. The molecule has 0 N–H and O–H groups in total. The van der Waals surface area contributed by atoms with Crippen LogP contribution in [-0.2, 0) is 32.0 Å². The summed E-state index contributed by atoms with van der Waals surface area (Å²) in [6.07, 6.45) is 23.2. The first-order chi connectivity index (χ1) is 21.8. The van der Waals surface area contributed by atoms with Gasteiger partial charge in [0.05, 0.1) is 0 Å². The second-order valence-electron chi connectivity index (χ2n) is 15.8. The first kappa shape index (κ1) is 32.3. The largest absolute Gasteiger partial charge is 0.299 e. The van der Waals surface area contributed by atoms with Gasteiger partial charge in [0.2, 0.25) is 0 Å². The van der Waals surface area contributed by atoms with Crippen molar-refractivity contribution < 1.29 is 19.2 Å². The third-order valence-corrected chi connectivity index (χ3v) is 12.6. The molecular formula is C41H54O4. The maximum Gasteiger partial charge on any atom is 0.142 e. The lowest BCUT2D eigenvalue weighted by Gasteiger charge is -2.39. The first-order valence-corrected chi connectivity index (χ1v) is 18.3. The van der Waals surface area contributed by atoms with Crippen molar-refractivity contribution >= 4 is 23.1 Å². The Bertz CT molecular complexity index is 1310. The number of carbonyl (C=O) groups excluding carboxylic acids is 4. The van der Waals surface area contributed by atoms with Crippen molar-refractivity contribution in [1.29, 1.82) is 0 Å². The van der Waals surface area contributed by atoms with Crippen LogP contribution in [0.25, 0.3) is 0 Å². The Morgan fingerprint density at radius 2 is 1.40 bits per heavy atom. The Morgan fingerprint density at radius 3 is 2.09 bits per heavy atom. The zero-order valence-corrected chi connectivity index (χ0v) is 27.6. The second kappa shape index (κ2) is 14.4. The average Bonchev–Trinajstić information content (AvgIpc) is 3.57. The molecule has 0 radical (unpaired) electrons. The van der Waals surface area contributed by atoms with E-state index in [-0.39, 0.29) is 47.9 Å². The smallest absolute Gasteiger partial charge is 0.142 e. The molecule has 5 aliphatic carbocycles. The lowest BCUT2D eigenvalue weighted by Crippen LogP contribution is -2.41. The molecule has 4 heteroatoms. The minimum Gasteiger partial charge on any atom is -0.299 e. The Balaban J connectivity index is 1.08. The third-order valence-electron chi connectivity index (χ3n) is 12.6. The van der Waals surface area contributed by atoms with Crippen LogP contribution < -0.4 is 0 Å². The van der Waals surface area contributed by atoms with E-state index in [9.17, 15) is 19.2 Å². The number of ketones is 4. The van der Waals surface area contributed by atoms with Gasteiger partial charge in [0, 0.05) is 48.9 Å². The minimum absolute atomic E-state index is 0.0290. The SMILES string of the molecule is CC(CC(=O)CC1=CC=CC1)(CC(=O)C1CCC(C2Cc3ccccc3CC2=O)CC1)C(=O)C1CCC(C2CCCCC2)CC1. The topological polar surface area (TPSA) is 68.3 Å². The summed E-state index contributed by atoms with van der Waals surface area (Å²) in [7, 11) is 0.